The van der Waals surface area contributed by atoms with Crippen LogP contribution < -0.4 is 5.32 Å². The maximum Gasteiger partial charge on any atom is 0.0882 e. The van der Waals surface area contributed by atoms with Gasteiger partial charge in [0.15, 0.2) is 0 Å². The summed E-state index contributed by atoms with van der Waals surface area (Å²) in [5.41, 5.74) is 4.62. The van der Waals surface area contributed by atoms with Crippen molar-refractivity contribution in [2.24, 2.45) is 0 Å². The number of aryl methyl sites for hydroxylation is 2. The van der Waals surface area contributed by atoms with Crippen LogP contribution in [0.4, 0.5) is 0 Å². The molecule has 3 rings (SSSR count). The average Bonchev–Trinajstić information content (AvgIpc) is 2.87. The fourth-order valence-corrected chi connectivity index (χ4v) is 3.51. The number of nitrogens with zero attached hydrogens (tertiary/aromatic N) is 2. The van der Waals surface area contributed by atoms with Gasteiger partial charge in [-0.05, 0) is 50.0 Å². The summed E-state index contributed by atoms with van der Waals surface area (Å²) in [7, 11) is 4.39. The molecule has 0 radical (unpaired) electrons. The molecule has 1 unspecified atom stereocenters. The molecule has 0 bridgehead atoms. The highest BCUT2D eigenvalue weighted by Gasteiger charge is 2.25. The van der Waals surface area contributed by atoms with Gasteiger partial charge >= 0.3 is 0 Å². The lowest BCUT2D eigenvalue weighted by Gasteiger charge is -2.39. The molecule has 1 aromatic carbocycles. The number of piperazine rings is 1. The SMILES string of the molecule is CN(C)C(c1ccc2c(c1)CCC2)N1CCNCC1. The Morgan fingerprint density at radius 2 is 1.84 bits per heavy atom. The van der Waals surface area contributed by atoms with Crippen molar-refractivity contribution in [3.05, 3.63) is 34.9 Å². The first-order chi connectivity index (χ1) is 9.25. The highest BCUT2D eigenvalue weighted by atomic mass is 15.3. The molecule has 0 saturated carbocycles. The van der Waals surface area contributed by atoms with E-state index in [1.54, 1.807) is 11.1 Å². The molecule has 1 saturated heterocycles. The van der Waals surface area contributed by atoms with Crippen molar-refractivity contribution >= 4 is 0 Å². The minimum absolute atomic E-state index is 0.424. The van der Waals surface area contributed by atoms with E-state index in [1.165, 1.54) is 24.8 Å². The van der Waals surface area contributed by atoms with Gasteiger partial charge in [0.1, 0.15) is 0 Å². The van der Waals surface area contributed by atoms with Crippen molar-refractivity contribution in [1.29, 1.82) is 0 Å². The van der Waals surface area contributed by atoms with Crippen molar-refractivity contribution in [3.8, 4) is 0 Å². The number of nitrogens with one attached hydrogen (secondary N) is 1. The Morgan fingerprint density at radius 1 is 1.11 bits per heavy atom. The van der Waals surface area contributed by atoms with Gasteiger partial charge in [0.2, 0.25) is 0 Å². The third-order valence-electron chi connectivity index (χ3n) is 4.41. The van der Waals surface area contributed by atoms with E-state index in [2.05, 4.69) is 47.4 Å². The topological polar surface area (TPSA) is 18.5 Å². The van der Waals surface area contributed by atoms with Crippen LogP contribution in [0.25, 0.3) is 0 Å². The molecule has 3 heteroatoms. The minimum atomic E-state index is 0.424. The molecule has 0 amide bonds. The van der Waals surface area contributed by atoms with Crippen LogP contribution in [0, 0.1) is 0 Å². The molecule has 1 aromatic rings. The zero-order valence-corrected chi connectivity index (χ0v) is 12.2. The van der Waals surface area contributed by atoms with E-state index in [-0.39, 0.29) is 0 Å². The second kappa shape index (κ2) is 5.61. The zero-order valence-electron chi connectivity index (χ0n) is 12.2. The van der Waals surface area contributed by atoms with E-state index >= 15 is 0 Å². The molecule has 1 atom stereocenters. The fourth-order valence-electron chi connectivity index (χ4n) is 3.51. The van der Waals surface area contributed by atoms with Gasteiger partial charge in [0, 0.05) is 26.2 Å². The molecule has 2 aliphatic rings. The summed E-state index contributed by atoms with van der Waals surface area (Å²) in [5, 5.41) is 3.44. The van der Waals surface area contributed by atoms with Crippen LogP contribution >= 0.6 is 0 Å². The summed E-state index contributed by atoms with van der Waals surface area (Å²) in [5.74, 6) is 0. The lowest BCUT2D eigenvalue weighted by atomic mass is 10.0. The molecule has 104 valence electrons. The summed E-state index contributed by atoms with van der Waals surface area (Å²) in [4.78, 5) is 4.94. The lowest BCUT2D eigenvalue weighted by Crippen LogP contribution is -2.48. The first-order valence-electron chi connectivity index (χ1n) is 7.48. The predicted octanol–water partition coefficient (Wildman–Crippen LogP) is 1.64. The molecule has 19 heavy (non-hydrogen) atoms. The summed E-state index contributed by atoms with van der Waals surface area (Å²) in [6.45, 7) is 4.49. The molecular formula is C16H25N3. The lowest BCUT2D eigenvalue weighted by molar-refractivity contribution is 0.0672. The highest BCUT2D eigenvalue weighted by molar-refractivity contribution is 5.36. The number of rotatable bonds is 3. The Morgan fingerprint density at radius 3 is 2.58 bits per heavy atom. The maximum absolute atomic E-state index is 3.44. The number of hydrogen-bond donors (Lipinski definition) is 1. The molecule has 1 N–H and O–H groups in total. The second-order valence-corrected chi connectivity index (χ2v) is 6.00. The summed E-state index contributed by atoms with van der Waals surface area (Å²) in [6.07, 6.45) is 4.30. The van der Waals surface area contributed by atoms with E-state index in [0.29, 0.717) is 6.17 Å². The minimum Gasteiger partial charge on any atom is -0.314 e. The van der Waals surface area contributed by atoms with E-state index in [1.807, 2.05) is 0 Å². The van der Waals surface area contributed by atoms with Crippen LogP contribution in [-0.4, -0.2) is 50.1 Å². The molecule has 3 nitrogen and oxygen atoms in total. The van der Waals surface area contributed by atoms with Crippen molar-refractivity contribution < 1.29 is 0 Å². The van der Waals surface area contributed by atoms with Gasteiger partial charge in [-0.15, -0.1) is 0 Å². The monoisotopic (exact) mass is 259 g/mol. The Labute approximate surface area is 116 Å². The molecule has 0 spiro atoms. The summed E-state index contributed by atoms with van der Waals surface area (Å²) < 4.78 is 0. The van der Waals surface area contributed by atoms with Crippen LogP contribution in [0.1, 0.15) is 29.3 Å². The van der Waals surface area contributed by atoms with Crippen molar-refractivity contribution in [3.63, 3.8) is 0 Å². The summed E-state index contributed by atoms with van der Waals surface area (Å²) >= 11 is 0. The standard InChI is InChI=1S/C16H25N3/c1-18(2)16(19-10-8-17-9-11-19)15-7-6-13-4-3-5-14(13)12-15/h6-7,12,16-17H,3-5,8-11H2,1-2H3. The zero-order chi connectivity index (χ0) is 13.2. The number of benzene rings is 1. The molecule has 1 aliphatic carbocycles. The third-order valence-corrected chi connectivity index (χ3v) is 4.41. The van der Waals surface area contributed by atoms with E-state index in [0.717, 1.165) is 26.2 Å². The highest BCUT2D eigenvalue weighted by Crippen LogP contribution is 2.29. The van der Waals surface area contributed by atoms with Crippen LogP contribution in [-0.2, 0) is 12.8 Å². The van der Waals surface area contributed by atoms with Gasteiger partial charge in [-0.3, -0.25) is 9.80 Å². The fraction of sp³-hybridized carbons (Fsp3) is 0.625. The van der Waals surface area contributed by atoms with Crippen molar-refractivity contribution in [1.82, 2.24) is 15.1 Å². The van der Waals surface area contributed by atoms with Crippen molar-refractivity contribution in [2.75, 3.05) is 40.3 Å². The van der Waals surface area contributed by atoms with Crippen molar-refractivity contribution in [2.45, 2.75) is 25.4 Å². The van der Waals surface area contributed by atoms with Crippen LogP contribution in [0.2, 0.25) is 0 Å². The third kappa shape index (κ3) is 2.69. The first-order valence-corrected chi connectivity index (χ1v) is 7.48. The van der Waals surface area contributed by atoms with Gasteiger partial charge in [-0.1, -0.05) is 18.2 Å². The van der Waals surface area contributed by atoms with Crippen LogP contribution in [0.15, 0.2) is 18.2 Å². The molecule has 0 aromatic heterocycles. The molecular weight excluding hydrogens is 234 g/mol. The quantitative estimate of drug-likeness (QED) is 0.890. The first kappa shape index (κ1) is 13.1. The molecule has 1 heterocycles. The van der Waals surface area contributed by atoms with Gasteiger partial charge in [0.05, 0.1) is 6.17 Å². The second-order valence-electron chi connectivity index (χ2n) is 6.00. The van der Waals surface area contributed by atoms with E-state index < -0.39 is 0 Å². The summed E-state index contributed by atoms with van der Waals surface area (Å²) in [6, 6.07) is 7.16. The van der Waals surface area contributed by atoms with E-state index in [4.69, 9.17) is 0 Å². The van der Waals surface area contributed by atoms with Gasteiger partial charge < -0.3 is 5.32 Å². The Balaban J connectivity index is 1.87. The maximum atomic E-state index is 3.44. The van der Waals surface area contributed by atoms with Crippen LogP contribution in [0.5, 0.6) is 0 Å². The van der Waals surface area contributed by atoms with Gasteiger partial charge in [-0.25, -0.2) is 0 Å². The predicted molar refractivity (Wildman–Crippen MR) is 79.3 cm³/mol. The normalized spacial score (nSPS) is 21.6. The smallest absolute Gasteiger partial charge is 0.0882 e. The Hall–Kier alpha value is -0.900. The Bertz CT molecular complexity index is 436. The van der Waals surface area contributed by atoms with Crippen LogP contribution in [0.3, 0.4) is 0 Å². The largest absolute Gasteiger partial charge is 0.314 e. The Kier molecular flexibility index (Phi) is 3.87. The van der Waals surface area contributed by atoms with Gasteiger partial charge in [0.25, 0.3) is 0 Å². The van der Waals surface area contributed by atoms with E-state index in [9.17, 15) is 0 Å². The molecule has 1 fully saturated rings. The molecule has 1 aliphatic heterocycles. The average molecular weight is 259 g/mol. The number of hydrogen-bond acceptors (Lipinski definition) is 3. The number of fused-ring (bicyclic) bond motifs is 1. The van der Waals surface area contributed by atoms with Gasteiger partial charge in [-0.2, -0.15) is 0 Å².